The number of rotatable bonds is 0. The molecule has 0 saturated heterocycles. The largest absolute Gasteiger partial charge is 0.403 e. The Morgan fingerprint density at radius 3 is 1.18 bits per heavy atom. The van der Waals surface area contributed by atoms with Crippen LogP contribution in [0.5, 0.6) is 0 Å². The minimum absolute atomic E-state index is 0.880. The summed E-state index contributed by atoms with van der Waals surface area (Å²) in [5.41, 5.74) is 6.03. The summed E-state index contributed by atoms with van der Waals surface area (Å²) in [6, 6.07) is 0. The van der Waals surface area contributed by atoms with Crippen LogP contribution in [0, 0.1) is 0 Å². The van der Waals surface area contributed by atoms with Crippen LogP contribution in [0.25, 0.3) is 0 Å². The Kier molecular flexibility index (Phi) is 121. The Hall–Kier alpha value is -0.720. The first kappa shape index (κ1) is 22.4. The van der Waals surface area contributed by atoms with Gasteiger partial charge in [0.15, 0.2) is 0 Å². The molecule has 0 fully saturated rings. The van der Waals surface area contributed by atoms with Crippen molar-refractivity contribution < 1.29 is 0 Å². The molecule has 2 N–H and O–H groups in total. The van der Waals surface area contributed by atoms with Crippen LogP contribution >= 0.6 is 0 Å². The Morgan fingerprint density at radius 2 is 1.18 bits per heavy atom. The maximum atomic E-state index is 5.15. The molecule has 0 spiro atoms. The fourth-order valence-corrected chi connectivity index (χ4v) is 0. The molecule has 0 aromatic carbocycles. The molecule has 0 aromatic rings. The molecule has 1 nitrogen and oxygen atoms in total. The first-order chi connectivity index (χ1) is 5.27. The standard InChI is InChI=1S/C4H9N.2C2H6.C2H4/c1-3-4(2)5;3*1-2/h3H,5H2,1-2H3;2*1-2H3;1-2H2/b4-3+;;;. The normalized spacial score (nSPS) is 6.91. The summed E-state index contributed by atoms with van der Waals surface area (Å²) >= 11 is 0. The van der Waals surface area contributed by atoms with E-state index in [-0.39, 0.29) is 0 Å². The summed E-state index contributed by atoms with van der Waals surface area (Å²) in [4.78, 5) is 0. The molecule has 0 radical (unpaired) electrons. The van der Waals surface area contributed by atoms with E-state index in [0.717, 1.165) is 5.70 Å². The summed E-state index contributed by atoms with van der Waals surface area (Å²) in [6.45, 7) is 17.8. The van der Waals surface area contributed by atoms with Gasteiger partial charge in [0, 0.05) is 5.70 Å². The van der Waals surface area contributed by atoms with E-state index in [1.165, 1.54) is 0 Å². The van der Waals surface area contributed by atoms with Crippen molar-refractivity contribution in [1.82, 2.24) is 0 Å². The third-order valence-electron chi connectivity index (χ3n) is 0.455. The van der Waals surface area contributed by atoms with E-state index in [0.29, 0.717) is 0 Å². The van der Waals surface area contributed by atoms with E-state index in [1.54, 1.807) is 0 Å². The third-order valence-corrected chi connectivity index (χ3v) is 0.455. The van der Waals surface area contributed by atoms with Gasteiger partial charge < -0.3 is 5.73 Å². The summed E-state index contributed by atoms with van der Waals surface area (Å²) < 4.78 is 0. The van der Waals surface area contributed by atoms with E-state index in [4.69, 9.17) is 5.73 Å². The molecule has 0 aliphatic heterocycles. The number of hydrogen-bond acceptors (Lipinski definition) is 1. The fourth-order valence-electron chi connectivity index (χ4n) is 0. The lowest BCUT2D eigenvalue weighted by atomic mass is 10.5. The molecule has 1 heteroatoms. The molecular formula is C10H25N. The van der Waals surface area contributed by atoms with Gasteiger partial charge >= 0.3 is 0 Å². The fraction of sp³-hybridized carbons (Fsp3) is 0.600. The Morgan fingerprint density at radius 1 is 1.09 bits per heavy atom. The number of allylic oxidation sites excluding steroid dienone is 2. The summed E-state index contributed by atoms with van der Waals surface area (Å²) in [5, 5.41) is 0. The smallest absolute Gasteiger partial charge is 0.000552 e. The predicted molar refractivity (Wildman–Crippen MR) is 57.6 cm³/mol. The summed E-state index contributed by atoms with van der Waals surface area (Å²) in [7, 11) is 0. The van der Waals surface area contributed by atoms with Gasteiger partial charge in [-0.1, -0.05) is 33.8 Å². The zero-order chi connectivity index (χ0) is 10.3. The second-order valence-corrected chi connectivity index (χ2v) is 1.03. The lowest BCUT2D eigenvalue weighted by Crippen LogP contribution is -1.86. The second-order valence-electron chi connectivity index (χ2n) is 1.03. The zero-order valence-electron chi connectivity index (χ0n) is 9.07. The molecule has 0 aromatic heterocycles. The van der Waals surface area contributed by atoms with E-state index < -0.39 is 0 Å². The van der Waals surface area contributed by atoms with Crippen molar-refractivity contribution in [2.24, 2.45) is 5.73 Å². The predicted octanol–water partition coefficient (Wildman–Crippen LogP) is 3.72. The molecule has 0 heterocycles. The zero-order valence-corrected chi connectivity index (χ0v) is 9.07. The summed E-state index contributed by atoms with van der Waals surface area (Å²) in [5.74, 6) is 0. The van der Waals surface area contributed by atoms with Crippen LogP contribution in [0.2, 0.25) is 0 Å². The van der Waals surface area contributed by atoms with E-state index in [9.17, 15) is 0 Å². The van der Waals surface area contributed by atoms with E-state index in [2.05, 4.69) is 13.2 Å². The van der Waals surface area contributed by atoms with Gasteiger partial charge in [-0.05, 0) is 13.8 Å². The van der Waals surface area contributed by atoms with Crippen LogP contribution in [-0.2, 0) is 0 Å². The molecule has 0 rings (SSSR count). The highest BCUT2D eigenvalue weighted by atomic mass is 14.5. The number of nitrogens with two attached hydrogens (primary N) is 1. The third kappa shape index (κ3) is 300. The molecule has 0 unspecified atom stereocenters. The van der Waals surface area contributed by atoms with E-state index in [1.807, 2.05) is 47.6 Å². The van der Waals surface area contributed by atoms with Crippen LogP contribution in [0.15, 0.2) is 24.9 Å². The monoisotopic (exact) mass is 159 g/mol. The molecule has 0 amide bonds. The van der Waals surface area contributed by atoms with Crippen LogP contribution in [0.1, 0.15) is 41.5 Å². The highest BCUT2D eigenvalue weighted by Gasteiger charge is 1.60. The molecule has 11 heavy (non-hydrogen) atoms. The van der Waals surface area contributed by atoms with Gasteiger partial charge in [0.05, 0.1) is 0 Å². The van der Waals surface area contributed by atoms with Crippen molar-refractivity contribution in [2.45, 2.75) is 41.5 Å². The van der Waals surface area contributed by atoms with Gasteiger partial charge in [0.25, 0.3) is 0 Å². The Balaban J connectivity index is -0.0000000350. The van der Waals surface area contributed by atoms with Gasteiger partial charge in [0.1, 0.15) is 0 Å². The average Bonchev–Trinajstić information content (AvgIpc) is 2.15. The lowest BCUT2D eigenvalue weighted by Gasteiger charge is -1.76. The second kappa shape index (κ2) is 59.1. The molecule has 0 aliphatic rings. The molecule has 0 bridgehead atoms. The highest BCUT2D eigenvalue weighted by molar-refractivity contribution is 4.86. The maximum Gasteiger partial charge on any atom is 0.000552 e. The average molecular weight is 159 g/mol. The van der Waals surface area contributed by atoms with Gasteiger partial charge in [0.2, 0.25) is 0 Å². The quantitative estimate of drug-likeness (QED) is 0.536. The highest BCUT2D eigenvalue weighted by Crippen LogP contribution is 1.71. The van der Waals surface area contributed by atoms with Crippen LogP contribution in [0.4, 0.5) is 0 Å². The van der Waals surface area contributed by atoms with Crippen molar-refractivity contribution in [2.75, 3.05) is 0 Å². The van der Waals surface area contributed by atoms with Gasteiger partial charge in [-0.25, -0.2) is 0 Å². The van der Waals surface area contributed by atoms with E-state index >= 15 is 0 Å². The van der Waals surface area contributed by atoms with Crippen molar-refractivity contribution in [3.8, 4) is 0 Å². The molecule has 0 atom stereocenters. The topological polar surface area (TPSA) is 26.0 Å². The molecule has 0 saturated carbocycles. The molecule has 70 valence electrons. The van der Waals surface area contributed by atoms with Gasteiger partial charge in [-0.2, -0.15) is 0 Å². The van der Waals surface area contributed by atoms with Crippen molar-refractivity contribution in [3.05, 3.63) is 24.9 Å². The van der Waals surface area contributed by atoms with Crippen molar-refractivity contribution in [1.29, 1.82) is 0 Å². The summed E-state index contributed by atoms with van der Waals surface area (Å²) in [6.07, 6.45) is 1.86. The van der Waals surface area contributed by atoms with Gasteiger partial charge in [-0.3, -0.25) is 0 Å². The minimum atomic E-state index is 0.880. The van der Waals surface area contributed by atoms with Crippen LogP contribution < -0.4 is 5.73 Å². The Labute approximate surface area is 73.0 Å². The number of hydrogen-bond donors (Lipinski definition) is 1. The minimum Gasteiger partial charge on any atom is -0.403 e. The first-order valence-corrected chi connectivity index (χ1v) is 4.15. The lowest BCUT2D eigenvalue weighted by molar-refractivity contribution is 1.29. The van der Waals surface area contributed by atoms with Crippen molar-refractivity contribution in [3.63, 3.8) is 0 Å². The van der Waals surface area contributed by atoms with Gasteiger partial charge in [-0.15, -0.1) is 13.2 Å². The molecule has 0 aliphatic carbocycles. The van der Waals surface area contributed by atoms with Crippen LogP contribution in [-0.4, -0.2) is 0 Å². The van der Waals surface area contributed by atoms with Crippen molar-refractivity contribution >= 4 is 0 Å². The first-order valence-electron chi connectivity index (χ1n) is 4.15. The maximum absolute atomic E-state index is 5.15. The SMILES string of the molecule is C/C=C(\C)N.C=C.CC.CC. The van der Waals surface area contributed by atoms with Crippen LogP contribution in [0.3, 0.4) is 0 Å². The molecular weight excluding hydrogens is 134 g/mol. The Bertz CT molecular complexity index is 51.9.